The van der Waals surface area contributed by atoms with Crippen LogP contribution in [0.5, 0.6) is 17.2 Å². The number of aliphatic hydroxyl groups excluding tert-OH is 1. The predicted molar refractivity (Wildman–Crippen MR) is 77.3 cm³/mol. The van der Waals surface area contributed by atoms with Crippen LogP contribution in [0.15, 0.2) is 48.5 Å². The topological polar surface area (TPSA) is 87.0 Å². The van der Waals surface area contributed by atoms with Crippen molar-refractivity contribution in [2.24, 2.45) is 0 Å². The van der Waals surface area contributed by atoms with Crippen molar-refractivity contribution in [3.63, 3.8) is 0 Å². The molecule has 0 aliphatic heterocycles. The smallest absolute Gasteiger partial charge is 0.189 e. The van der Waals surface area contributed by atoms with Crippen LogP contribution in [0.25, 0.3) is 6.08 Å². The zero-order valence-electron chi connectivity index (χ0n) is 11.1. The Bertz CT molecular complexity index is 659. The maximum Gasteiger partial charge on any atom is 0.189 e. The van der Waals surface area contributed by atoms with Crippen LogP contribution in [0, 0.1) is 0 Å². The number of carbonyl (C=O) groups is 1. The number of allylic oxidation sites excluding steroid dienone is 1. The minimum absolute atomic E-state index is 0.0338. The van der Waals surface area contributed by atoms with E-state index < -0.39 is 12.6 Å². The minimum Gasteiger partial charge on any atom is -0.508 e. The van der Waals surface area contributed by atoms with Crippen LogP contribution in [0.2, 0.25) is 0 Å². The average molecular weight is 286 g/mol. The number of phenols is 2. The highest BCUT2D eigenvalue weighted by Crippen LogP contribution is 2.23. The molecule has 2 aromatic rings. The van der Waals surface area contributed by atoms with E-state index in [0.29, 0.717) is 5.75 Å². The summed E-state index contributed by atoms with van der Waals surface area (Å²) in [6.45, 7) is -0.398. The normalized spacial score (nSPS) is 10.7. The lowest BCUT2D eigenvalue weighted by molar-refractivity contribution is 0.0985. The molecular formula is C16H14O5. The molecule has 0 aromatic heterocycles. The van der Waals surface area contributed by atoms with Crippen LogP contribution < -0.4 is 4.74 Å². The van der Waals surface area contributed by atoms with Crippen molar-refractivity contribution in [1.82, 2.24) is 0 Å². The summed E-state index contributed by atoms with van der Waals surface area (Å²) in [5.74, 6) is -0.171. The fourth-order valence-corrected chi connectivity index (χ4v) is 1.73. The van der Waals surface area contributed by atoms with Gasteiger partial charge in [0.05, 0.1) is 5.56 Å². The van der Waals surface area contributed by atoms with Gasteiger partial charge in [-0.25, -0.2) is 0 Å². The monoisotopic (exact) mass is 286 g/mol. The second-order valence-corrected chi connectivity index (χ2v) is 4.24. The number of rotatable bonds is 5. The van der Waals surface area contributed by atoms with Gasteiger partial charge in [-0.15, -0.1) is 0 Å². The van der Waals surface area contributed by atoms with E-state index in [0.717, 1.165) is 5.56 Å². The highest BCUT2D eigenvalue weighted by atomic mass is 16.6. The number of benzene rings is 2. The number of aromatic hydroxyl groups is 2. The van der Waals surface area contributed by atoms with Gasteiger partial charge in [0.25, 0.3) is 0 Å². The zero-order valence-corrected chi connectivity index (χ0v) is 11.1. The van der Waals surface area contributed by atoms with E-state index >= 15 is 0 Å². The highest BCUT2D eigenvalue weighted by molar-refractivity contribution is 6.08. The first-order chi connectivity index (χ1) is 10.1. The van der Waals surface area contributed by atoms with Gasteiger partial charge in [0, 0.05) is 0 Å². The van der Waals surface area contributed by atoms with E-state index in [9.17, 15) is 15.0 Å². The quantitative estimate of drug-likeness (QED) is 0.340. The number of aliphatic hydroxyl groups is 1. The first-order valence-corrected chi connectivity index (χ1v) is 6.18. The Balaban J connectivity index is 2.13. The summed E-state index contributed by atoms with van der Waals surface area (Å²) in [5.41, 5.74) is 0.791. The third-order valence-electron chi connectivity index (χ3n) is 2.78. The van der Waals surface area contributed by atoms with Gasteiger partial charge < -0.3 is 20.1 Å². The molecule has 0 spiro atoms. The molecule has 0 aliphatic rings. The Morgan fingerprint density at radius 2 is 1.81 bits per heavy atom. The van der Waals surface area contributed by atoms with E-state index in [2.05, 4.69) is 0 Å². The zero-order chi connectivity index (χ0) is 15.2. The third-order valence-corrected chi connectivity index (χ3v) is 2.78. The van der Waals surface area contributed by atoms with Gasteiger partial charge in [0.2, 0.25) is 0 Å². The van der Waals surface area contributed by atoms with E-state index in [1.54, 1.807) is 30.3 Å². The van der Waals surface area contributed by atoms with E-state index in [-0.39, 0.29) is 17.1 Å². The number of phenolic OH excluding ortho intramolecular Hbond substituents is 2. The van der Waals surface area contributed by atoms with Crippen molar-refractivity contribution in [3.05, 3.63) is 59.7 Å². The standard InChI is InChI=1S/C16H14O5/c17-10-21-13-5-1-11(2-6-13)3-7-15(19)14-9-12(18)4-8-16(14)20/h1-9,17-18,20H,10H2/b7-3+. The number of carbonyl (C=O) groups excluding carboxylic acids is 1. The fraction of sp³-hybridized carbons (Fsp3) is 0.0625. The molecule has 0 radical (unpaired) electrons. The average Bonchev–Trinajstić information content (AvgIpc) is 2.49. The maximum absolute atomic E-state index is 11.9. The second-order valence-electron chi connectivity index (χ2n) is 4.24. The van der Waals surface area contributed by atoms with Crippen molar-refractivity contribution in [1.29, 1.82) is 0 Å². The molecule has 0 fully saturated rings. The Morgan fingerprint density at radius 1 is 1.10 bits per heavy atom. The fourth-order valence-electron chi connectivity index (χ4n) is 1.73. The van der Waals surface area contributed by atoms with E-state index in [1.807, 2.05) is 0 Å². The van der Waals surface area contributed by atoms with Crippen molar-refractivity contribution < 1.29 is 24.9 Å². The summed E-state index contributed by atoms with van der Waals surface area (Å²) < 4.78 is 4.89. The molecule has 0 aliphatic carbocycles. The Morgan fingerprint density at radius 3 is 2.48 bits per heavy atom. The molecule has 2 aromatic carbocycles. The summed E-state index contributed by atoms with van der Waals surface area (Å²) in [5, 5.41) is 27.5. The van der Waals surface area contributed by atoms with Gasteiger partial charge in [-0.3, -0.25) is 4.79 Å². The van der Waals surface area contributed by atoms with Crippen molar-refractivity contribution in [2.45, 2.75) is 0 Å². The Labute approximate surface area is 121 Å². The lowest BCUT2D eigenvalue weighted by atomic mass is 10.1. The number of ketones is 1. The summed E-state index contributed by atoms with van der Waals surface area (Å²) in [4.78, 5) is 11.9. The first kappa shape index (κ1) is 14.6. The molecular weight excluding hydrogens is 272 g/mol. The molecule has 108 valence electrons. The van der Waals surface area contributed by atoms with Crippen LogP contribution in [-0.2, 0) is 0 Å². The lowest BCUT2D eigenvalue weighted by Gasteiger charge is -2.02. The van der Waals surface area contributed by atoms with Gasteiger partial charge in [-0.05, 0) is 42.0 Å². The molecule has 0 saturated heterocycles. The van der Waals surface area contributed by atoms with Crippen LogP contribution in [0.3, 0.4) is 0 Å². The van der Waals surface area contributed by atoms with Gasteiger partial charge in [0.1, 0.15) is 17.2 Å². The Hall–Kier alpha value is -2.79. The van der Waals surface area contributed by atoms with Gasteiger partial charge in [-0.2, -0.15) is 0 Å². The van der Waals surface area contributed by atoms with E-state index in [4.69, 9.17) is 9.84 Å². The highest BCUT2D eigenvalue weighted by Gasteiger charge is 2.08. The largest absolute Gasteiger partial charge is 0.508 e. The van der Waals surface area contributed by atoms with Gasteiger partial charge in [0.15, 0.2) is 12.6 Å². The first-order valence-electron chi connectivity index (χ1n) is 6.18. The molecule has 21 heavy (non-hydrogen) atoms. The van der Waals surface area contributed by atoms with Crippen LogP contribution >= 0.6 is 0 Å². The van der Waals surface area contributed by atoms with Crippen LogP contribution in [-0.4, -0.2) is 27.9 Å². The molecule has 0 saturated carbocycles. The third kappa shape index (κ3) is 3.84. The summed E-state index contributed by atoms with van der Waals surface area (Å²) >= 11 is 0. The van der Waals surface area contributed by atoms with Crippen molar-refractivity contribution in [2.75, 3.05) is 6.79 Å². The predicted octanol–water partition coefficient (Wildman–Crippen LogP) is 2.32. The maximum atomic E-state index is 11.9. The molecule has 0 bridgehead atoms. The van der Waals surface area contributed by atoms with E-state index in [1.165, 1.54) is 24.3 Å². The lowest BCUT2D eigenvalue weighted by Crippen LogP contribution is -1.95. The molecule has 5 heteroatoms. The van der Waals surface area contributed by atoms with Gasteiger partial charge >= 0.3 is 0 Å². The molecule has 0 amide bonds. The summed E-state index contributed by atoms with van der Waals surface area (Å²) in [6, 6.07) is 10.5. The Kier molecular flexibility index (Phi) is 4.58. The van der Waals surface area contributed by atoms with Crippen LogP contribution in [0.1, 0.15) is 15.9 Å². The number of hydrogen-bond acceptors (Lipinski definition) is 5. The van der Waals surface area contributed by atoms with Crippen molar-refractivity contribution >= 4 is 11.9 Å². The number of ether oxygens (including phenoxy) is 1. The molecule has 3 N–H and O–H groups in total. The second kappa shape index (κ2) is 6.58. The van der Waals surface area contributed by atoms with Gasteiger partial charge in [-0.1, -0.05) is 18.2 Å². The molecule has 0 heterocycles. The summed E-state index contributed by atoms with van der Waals surface area (Å²) in [7, 11) is 0. The summed E-state index contributed by atoms with van der Waals surface area (Å²) in [6.07, 6.45) is 2.88. The molecule has 5 nitrogen and oxygen atoms in total. The minimum atomic E-state index is -0.418. The molecule has 0 atom stereocenters. The van der Waals surface area contributed by atoms with Crippen LogP contribution in [0.4, 0.5) is 0 Å². The molecule has 0 unspecified atom stereocenters. The molecule has 2 rings (SSSR count). The number of hydrogen-bond donors (Lipinski definition) is 3. The SMILES string of the molecule is O=C(/C=C/c1ccc(OCO)cc1)c1cc(O)ccc1O. The van der Waals surface area contributed by atoms with Crippen molar-refractivity contribution in [3.8, 4) is 17.2 Å².